The van der Waals surface area contributed by atoms with Crippen molar-refractivity contribution in [2.24, 2.45) is 5.84 Å². The molecule has 2 aromatic rings. The number of nitrogen functional groups attached to an aromatic ring is 1. The number of hydrogen-bond donors (Lipinski definition) is 2. The standard InChI is InChI=1S/C14H17N5O/c1-19(9-12-4-2-3-7-16-12)10-13-6-5-11(8-17-13)14(20)18-15/h2-8H,9-10,15H2,1H3,(H,18,20). The third-order valence-electron chi connectivity index (χ3n) is 2.81. The van der Waals surface area contributed by atoms with Crippen LogP contribution in [0.2, 0.25) is 0 Å². The number of nitrogens with two attached hydrogens (primary N) is 1. The van der Waals surface area contributed by atoms with Gasteiger partial charge in [-0.25, -0.2) is 5.84 Å². The number of hydrazine groups is 1. The minimum absolute atomic E-state index is 0.342. The number of carbonyl (C=O) groups is 1. The van der Waals surface area contributed by atoms with Crippen molar-refractivity contribution in [3.63, 3.8) is 0 Å². The van der Waals surface area contributed by atoms with E-state index in [1.807, 2.05) is 31.3 Å². The lowest BCUT2D eigenvalue weighted by atomic mass is 10.2. The molecule has 0 saturated carbocycles. The average Bonchev–Trinajstić information content (AvgIpc) is 2.48. The van der Waals surface area contributed by atoms with Gasteiger partial charge < -0.3 is 0 Å². The van der Waals surface area contributed by atoms with Gasteiger partial charge in [-0.2, -0.15) is 0 Å². The monoisotopic (exact) mass is 271 g/mol. The Balaban J connectivity index is 1.94. The zero-order valence-corrected chi connectivity index (χ0v) is 11.3. The Morgan fingerprint density at radius 3 is 2.50 bits per heavy atom. The number of pyridine rings is 2. The summed E-state index contributed by atoms with van der Waals surface area (Å²) in [6.45, 7) is 1.43. The summed E-state index contributed by atoms with van der Waals surface area (Å²) >= 11 is 0. The van der Waals surface area contributed by atoms with Crippen molar-refractivity contribution in [3.05, 3.63) is 59.7 Å². The molecule has 0 saturated heterocycles. The van der Waals surface area contributed by atoms with Gasteiger partial charge >= 0.3 is 0 Å². The second-order valence-electron chi connectivity index (χ2n) is 4.51. The smallest absolute Gasteiger partial charge is 0.266 e. The average molecular weight is 271 g/mol. The lowest BCUT2D eigenvalue weighted by Crippen LogP contribution is -2.30. The molecule has 0 bridgehead atoms. The SMILES string of the molecule is CN(Cc1ccccn1)Cc1ccc(C(=O)NN)cn1. The molecule has 0 fully saturated rings. The van der Waals surface area contributed by atoms with Gasteiger partial charge in [-0.1, -0.05) is 6.07 Å². The fourth-order valence-electron chi connectivity index (χ4n) is 1.84. The van der Waals surface area contributed by atoms with Gasteiger partial charge in [0.2, 0.25) is 0 Å². The van der Waals surface area contributed by atoms with Crippen LogP contribution < -0.4 is 11.3 Å². The van der Waals surface area contributed by atoms with Crippen LogP contribution in [0.4, 0.5) is 0 Å². The van der Waals surface area contributed by atoms with Crippen molar-refractivity contribution in [1.29, 1.82) is 0 Å². The number of carbonyl (C=O) groups excluding carboxylic acids is 1. The zero-order chi connectivity index (χ0) is 14.4. The van der Waals surface area contributed by atoms with E-state index in [0.717, 1.165) is 17.9 Å². The molecule has 104 valence electrons. The summed E-state index contributed by atoms with van der Waals surface area (Å²) < 4.78 is 0. The summed E-state index contributed by atoms with van der Waals surface area (Å²) in [5.41, 5.74) is 4.42. The molecule has 0 aliphatic rings. The van der Waals surface area contributed by atoms with Crippen LogP contribution in [0.5, 0.6) is 0 Å². The molecule has 2 heterocycles. The minimum atomic E-state index is -0.342. The Bertz CT molecular complexity index is 556. The maximum atomic E-state index is 11.3. The van der Waals surface area contributed by atoms with E-state index in [2.05, 4.69) is 20.3 Å². The molecule has 0 radical (unpaired) electrons. The summed E-state index contributed by atoms with van der Waals surface area (Å²) in [6.07, 6.45) is 3.30. The number of aromatic nitrogens is 2. The van der Waals surface area contributed by atoms with Crippen molar-refractivity contribution in [2.45, 2.75) is 13.1 Å². The lowest BCUT2D eigenvalue weighted by molar-refractivity contribution is 0.0953. The van der Waals surface area contributed by atoms with Crippen molar-refractivity contribution < 1.29 is 4.79 Å². The highest BCUT2D eigenvalue weighted by atomic mass is 16.2. The predicted molar refractivity (Wildman–Crippen MR) is 75.3 cm³/mol. The number of nitrogens with zero attached hydrogens (tertiary/aromatic N) is 3. The van der Waals surface area contributed by atoms with E-state index < -0.39 is 0 Å². The van der Waals surface area contributed by atoms with Crippen LogP contribution in [0, 0.1) is 0 Å². The number of hydrogen-bond acceptors (Lipinski definition) is 5. The van der Waals surface area contributed by atoms with Crippen molar-refractivity contribution >= 4 is 5.91 Å². The van der Waals surface area contributed by atoms with Crippen molar-refractivity contribution in [3.8, 4) is 0 Å². The van der Waals surface area contributed by atoms with Gasteiger partial charge in [0.15, 0.2) is 0 Å². The molecule has 0 aliphatic carbocycles. The molecular weight excluding hydrogens is 254 g/mol. The molecule has 2 rings (SSSR count). The summed E-state index contributed by atoms with van der Waals surface area (Å²) in [5, 5.41) is 0. The van der Waals surface area contributed by atoms with Crippen molar-refractivity contribution in [1.82, 2.24) is 20.3 Å². The van der Waals surface area contributed by atoms with Crippen LogP contribution in [0.1, 0.15) is 21.7 Å². The second-order valence-corrected chi connectivity index (χ2v) is 4.51. The number of amides is 1. The first-order chi connectivity index (χ1) is 9.69. The van der Waals surface area contributed by atoms with Crippen LogP contribution in [-0.2, 0) is 13.1 Å². The Morgan fingerprint density at radius 1 is 1.20 bits per heavy atom. The third-order valence-corrected chi connectivity index (χ3v) is 2.81. The molecule has 6 nitrogen and oxygen atoms in total. The highest BCUT2D eigenvalue weighted by Gasteiger charge is 2.06. The van der Waals surface area contributed by atoms with E-state index in [4.69, 9.17) is 5.84 Å². The first-order valence-electron chi connectivity index (χ1n) is 6.23. The topological polar surface area (TPSA) is 84.1 Å². The first kappa shape index (κ1) is 14.1. The molecule has 0 aliphatic heterocycles. The fraction of sp³-hybridized carbons (Fsp3) is 0.214. The Morgan fingerprint density at radius 2 is 1.95 bits per heavy atom. The molecule has 20 heavy (non-hydrogen) atoms. The maximum absolute atomic E-state index is 11.3. The predicted octanol–water partition coefficient (Wildman–Crippen LogP) is 0.712. The normalized spacial score (nSPS) is 10.6. The molecule has 3 N–H and O–H groups in total. The van der Waals surface area contributed by atoms with E-state index in [9.17, 15) is 4.79 Å². The minimum Gasteiger partial charge on any atom is -0.295 e. The lowest BCUT2D eigenvalue weighted by Gasteiger charge is -2.15. The molecule has 0 atom stereocenters. The zero-order valence-electron chi connectivity index (χ0n) is 11.3. The van der Waals surface area contributed by atoms with E-state index in [1.54, 1.807) is 12.3 Å². The van der Waals surface area contributed by atoms with Crippen molar-refractivity contribution in [2.75, 3.05) is 7.05 Å². The molecule has 2 aromatic heterocycles. The molecule has 1 amide bonds. The molecule has 0 spiro atoms. The quantitative estimate of drug-likeness (QED) is 0.475. The molecule has 0 aromatic carbocycles. The number of nitrogens with one attached hydrogen (secondary N) is 1. The molecule has 0 unspecified atom stereocenters. The van der Waals surface area contributed by atoms with Crippen LogP contribution in [0.3, 0.4) is 0 Å². The largest absolute Gasteiger partial charge is 0.295 e. The highest BCUT2D eigenvalue weighted by molar-refractivity contribution is 5.93. The van der Waals surface area contributed by atoms with Crippen LogP contribution in [0.15, 0.2) is 42.7 Å². The molecular formula is C14H17N5O. The summed E-state index contributed by atoms with van der Waals surface area (Å²) in [6, 6.07) is 9.37. The Kier molecular flexibility index (Phi) is 4.75. The van der Waals surface area contributed by atoms with E-state index >= 15 is 0 Å². The molecule has 6 heteroatoms. The fourth-order valence-corrected chi connectivity index (χ4v) is 1.84. The third kappa shape index (κ3) is 3.84. The number of rotatable bonds is 5. The van der Waals surface area contributed by atoms with E-state index in [1.165, 1.54) is 6.20 Å². The first-order valence-corrected chi connectivity index (χ1v) is 6.23. The maximum Gasteiger partial charge on any atom is 0.266 e. The van der Waals surface area contributed by atoms with Gasteiger partial charge in [0.05, 0.1) is 17.0 Å². The summed E-state index contributed by atoms with van der Waals surface area (Å²) in [5.74, 6) is 4.72. The van der Waals surface area contributed by atoms with Gasteiger partial charge in [0.25, 0.3) is 5.91 Å². The van der Waals surface area contributed by atoms with Crippen LogP contribution in [0.25, 0.3) is 0 Å². The Labute approximate surface area is 117 Å². The Hall–Kier alpha value is -2.31. The van der Waals surface area contributed by atoms with Gasteiger partial charge in [0, 0.05) is 25.5 Å². The van der Waals surface area contributed by atoms with Gasteiger partial charge in [-0.05, 0) is 31.3 Å². The van der Waals surface area contributed by atoms with Gasteiger partial charge in [-0.3, -0.25) is 25.1 Å². The van der Waals surface area contributed by atoms with Crippen LogP contribution in [-0.4, -0.2) is 27.8 Å². The highest BCUT2D eigenvalue weighted by Crippen LogP contribution is 2.05. The van der Waals surface area contributed by atoms with E-state index in [0.29, 0.717) is 12.1 Å². The summed E-state index contributed by atoms with van der Waals surface area (Å²) in [7, 11) is 2.00. The van der Waals surface area contributed by atoms with Gasteiger partial charge in [-0.15, -0.1) is 0 Å². The van der Waals surface area contributed by atoms with Gasteiger partial charge in [0.1, 0.15) is 0 Å². The van der Waals surface area contributed by atoms with Crippen LogP contribution >= 0.6 is 0 Å². The second kappa shape index (κ2) is 6.74. The van der Waals surface area contributed by atoms with E-state index in [-0.39, 0.29) is 5.91 Å². The summed E-state index contributed by atoms with van der Waals surface area (Å²) in [4.78, 5) is 21.9.